The molecule has 0 spiro atoms. The molecule has 5 nitrogen and oxygen atoms in total. The zero-order valence-electron chi connectivity index (χ0n) is 14.3. The summed E-state index contributed by atoms with van der Waals surface area (Å²) < 4.78 is 5.42. The molecular weight excluding hydrogens is 328 g/mol. The van der Waals surface area contributed by atoms with Gasteiger partial charge in [-0.1, -0.05) is 18.2 Å². The van der Waals surface area contributed by atoms with E-state index in [-0.39, 0.29) is 17.9 Å². The summed E-state index contributed by atoms with van der Waals surface area (Å²) in [6, 6.07) is 18.5. The predicted molar refractivity (Wildman–Crippen MR) is 97.8 cm³/mol. The number of rotatable bonds is 5. The Kier molecular flexibility index (Phi) is 4.05. The molecule has 3 aromatic rings. The number of amides is 1. The van der Waals surface area contributed by atoms with E-state index in [4.69, 9.17) is 4.42 Å². The number of ketones is 1. The van der Waals surface area contributed by atoms with Crippen molar-refractivity contribution in [2.45, 2.75) is 19.6 Å². The maximum absolute atomic E-state index is 12.9. The molecule has 130 valence electrons. The largest absolute Gasteiger partial charge is 0.467 e. The van der Waals surface area contributed by atoms with Crippen LogP contribution in [0.25, 0.3) is 0 Å². The molecule has 1 N–H and O–H groups in total. The van der Waals surface area contributed by atoms with Crippen LogP contribution in [0.3, 0.4) is 0 Å². The highest BCUT2D eigenvalue weighted by Gasteiger charge is 2.36. The van der Waals surface area contributed by atoms with Crippen molar-refractivity contribution in [2.24, 2.45) is 0 Å². The summed E-state index contributed by atoms with van der Waals surface area (Å²) in [7, 11) is 0. The minimum absolute atomic E-state index is 0.0254. The molecule has 1 aliphatic rings. The summed E-state index contributed by atoms with van der Waals surface area (Å²) in [5, 5.41) is 3.41. The van der Waals surface area contributed by atoms with Gasteiger partial charge in [-0.25, -0.2) is 0 Å². The van der Waals surface area contributed by atoms with Crippen LogP contribution in [0.15, 0.2) is 71.3 Å². The summed E-state index contributed by atoms with van der Waals surface area (Å²) >= 11 is 0. The summed E-state index contributed by atoms with van der Waals surface area (Å²) in [5.41, 5.74) is 3.12. The van der Waals surface area contributed by atoms with Crippen molar-refractivity contribution in [3.63, 3.8) is 0 Å². The number of nitrogens with one attached hydrogen (secondary N) is 1. The number of furan rings is 1. The van der Waals surface area contributed by atoms with Crippen molar-refractivity contribution in [3.05, 3.63) is 89.4 Å². The molecule has 1 aromatic heterocycles. The topological polar surface area (TPSA) is 62.6 Å². The van der Waals surface area contributed by atoms with E-state index >= 15 is 0 Å². The second-order valence-corrected chi connectivity index (χ2v) is 6.28. The fraction of sp³-hybridized carbons (Fsp3) is 0.143. The summed E-state index contributed by atoms with van der Waals surface area (Å²) in [4.78, 5) is 26.1. The minimum Gasteiger partial charge on any atom is -0.467 e. The van der Waals surface area contributed by atoms with Gasteiger partial charge in [-0.2, -0.15) is 0 Å². The molecule has 0 aliphatic carbocycles. The van der Waals surface area contributed by atoms with E-state index in [2.05, 4.69) is 5.32 Å². The third-order valence-corrected chi connectivity index (χ3v) is 4.56. The van der Waals surface area contributed by atoms with Gasteiger partial charge in [0, 0.05) is 22.4 Å². The van der Waals surface area contributed by atoms with Gasteiger partial charge < -0.3 is 14.6 Å². The molecule has 2 aromatic carbocycles. The first kappa shape index (κ1) is 16.1. The number of nitrogens with zero attached hydrogens (tertiary/aromatic N) is 1. The lowest BCUT2D eigenvalue weighted by Gasteiger charge is -2.26. The van der Waals surface area contributed by atoms with Gasteiger partial charge in [0.2, 0.25) is 0 Å². The Balaban J connectivity index is 1.65. The number of anilines is 1. The second-order valence-electron chi connectivity index (χ2n) is 6.28. The lowest BCUT2D eigenvalue weighted by Crippen LogP contribution is -2.31. The van der Waals surface area contributed by atoms with E-state index in [1.165, 1.54) is 0 Å². The van der Waals surface area contributed by atoms with Gasteiger partial charge in [0.15, 0.2) is 5.78 Å². The van der Waals surface area contributed by atoms with Crippen LogP contribution in [-0.2, 0) is 6.54 Å². The Hall–Kier alpha value is -3.34. The van der Waals surface area contributed by atoms with Gasteiger partial charge in [0.25, 0.3) is 5.91 Å². The molecule has 26 heavy (non-hydrogen) atoms. The number of fused-ring (bicyclic) bond motifs is 1. The number of carbonyl (C=O) groups excluding carboxylic acids is 2. The van der Waals surface area contributed by atoms with Crippen molar-refractivity contribution >= 4 is 17.4 Å². The molecule has 0 bridgehead atoms. The first-order valence-corrected chi connectivity index (χ1v) is 8.43. The molecule has 0 radical (unpaired) electrons. The van der Waals surface area contributed by atoms with Gasteiger partial charge in [0.1, 0.15) is 11.9 Å². The highest BCUT2D eigenvalue weighted by atomic mass is 16.3. The molecular formula is C21H18N2O3. The minimum atomic E-state index is -0.299. The molecule has 0 saturated carbocycles. The van der Waals surface area contributed by atoms with Gasteiger partial charge >= 0.3 is 0 Å². The second kappa shape index (κ2) is 6.52. The molecule has 0 saturated heterocycles. The van der Waals surface area contributed by atoms with E-state index in [0.29, 0.717) is 17.7 Å². The lowest BCUT2D eigenvalue weighted by molar-refractivity contribution is 0.0715. The van der Waals surface area contributed by atoms with Gasteiger partial charge in [-0.3, -0.25) is 9.59 Å². The van der Waals surface area contributed by atoms with Crippen LogP contribution in [0.1, 0.15) is 45.1 Å². The Labute approximate surface area is 151 Å². The zero-order chi connectivity index (χ0) is 18.1. The van der Waals surface area contributed by atoms with Gasteiger partial charge in [0.05, 0.1) is 12.8 Å². The van der Waals surface area contributed by atoms with Crippen molar-refractivity contribution in [1.29, 1.82) is 0 Å². The highest BCUT2D eigenvalue weighted by molar-refractivity contribution is 5.99. The Morgan fingerprint density at radius 1 is 1.08 bits per heavy atom. The first-order chi connectivity index (χ1) is 12.6. The third-order valence-electron chi connectivity index (χ3n) is 4.56. The average molecular weight is 346 g/mol. The van der Waals surface area contributed by atoms with Crippen molar-refractivity contribution in [3.8, 4) is 0 Å². The Bertz CT molecular complexity index is 946. The average Bonchev–Trinajstić information content (AvgIpc) is 3.25. The van der Waals surface area contributed by atoms with Crippen LogP contribution in [0.4, 0.5) is 5.69 Å². The van der Waals surface area contributed by atoms with E-state index in [1.807, 2.05) is 48.5 Å². The standard InChI is InChI=1S/C21H18N2O3/c1-14(24)15-8-10-16(11-9-15)22-20-18-6-2-3-7-19(18)21(25)23(20)13-17-5-4-12-26-17/h2-12,20,22H,13H2,1H3. The smallest absolute Gasteiger partial charge is 0.256 e. The van der Waals surface area contributed by atoms with Crippen molar-refractivity contribution in [2.75, 3.05) is 5.32 Å². The molecule has 1 amide bonds. The van der Waals surface area contributed by atoms with Crippen molar-refractivity contribution in [1.82, 2.24) is 4.90 Å². The SMILES string of the molecule is CC(=O)c1ccc(NC2c3ccccc3C(=O)N2Cc2ccco2)cc1. The van der Waals surface area contributed by atoms with Gasteiger partial charge in [-0.05, 0) is 49.4 Å². The first-order valence-electron chi connectivity index (χ1n) is 8.43. The van der Waals surface area contributed by atoms with Crippen LogP contribution in [-0.4, -0.2) is 16.6 Å². The van der Waals surface area contributed by atoms with Crippen LogP contribution in [0.2, 0.25) is 0 Å². The molecule has 1 unspecified atom stereocenters. The predicted octanol–water partition coefficient (Wildman–Crippen LogP) is 4.25. The number of hydrogen-bond donors (Lipinski definition) is 1. The normalized spacial score (nSPS) is 15.8. The van der Waals surface area contributed by atoms with E-state index < -0.39 is 0 Å². The molecule has 0 fully saturated rings. The van der Waals surface area contributed by atoms with Crippen LogP contribution < -0.4 is 5.32 Å². The number of hydrogen-bond acceptors (Lipinski definition) is 4. The fourth-order valence-electron chi connectivity index (χ4n) is 3.22. The van der Waals surface area contributed by atoms with Crippen LogP contribution in [0.5, 0.6) is 0 Å². The quantitative estimate of drug-likeness (QED) is 0.702. The summed E-state index contributed by atoms with van der Waals surface area (Å²) in [6.45, 7) is 1.92. The monoisotopic (exact) mass is 346 g/mol. The van der Waals surface area contributed by atoms with Gasteiger partial charge in [-0.15, -0.1) is 0 Å². The van der Waals surface area contributed by atoms with E-state index in [0.717, 1.165) is 17.0 Å². The number of benzene rings is 2. The maximum Gasteiger partial charge on any atom is 0.256 e. The van der Waals surface area contributed by atoms with E-state index in [9.17, 15) is 9.59 Å². The summed E-state index contributed by atoms with van der Waals surface area (Å²) in [5.74, 6) is 0.720. The molecule has 5 heteroatoms. The third kappa shape index (κ3) is 2.88. The molecule has 2 heterocycles. The fourth-order valence-corrected chi connectivity index (χ4v) is 3.22. The number of carbonyl (C=O) groups is 2. The highest BCUT2D eigenvalue weighted by Crippen LogP contribution is 2.35. The summed E-state index contributed by atoms with van der Waals surface area (Å²) in [6.07, 6.45) is 1.30. The Morgan fingerprint density at radius 3 is 2.54 bits per heavy atom. The van der Waals surface area contributed by atoms with Crippen LogP contribution >= 0.6 is 0 Å². The zero-order valence-corrected chi connectivity index (χ0v) is 14.3. The van der Waals surface area contributed by atoms with Crippen molar-refractivity contribution < 1.29 is 14.0 Å². The molecule has 1 atom stereocenters. The number of Topliss-reactive ketones (excluding diaryl/α,β-unsaturated/α-hetero) is 1. The maximum atomic E-state index is 12.9. The Morgan fingerprint density at radius 2 is 1.85 bits per heavy atom. The van der Waals surface area contributed by atoms with E-state index in [1.54, 1.807) is 30.2 Å². The lowest BCUT2D eigenvalue weighted by atomic mass is 10.1. The molecule has 1 aliphatic heterocycles. The molecule has 4 rings (SSSR count). The van der Waals surface area contributed by atoms with Crippen LogP contribution in [0, 0.1) is 0 Å².